The van der Waals surface area contributed by atoms with Crippen molar-refractivity contribution in [2.75, 3.05) is 34.4 Å². The maximum absolute atomic E-state index is 5.43. The Balaban J connectivity index is 0.00000288. The van der Waals surface area contributed by atoms with Gasteiger partial charge in [0.15, 0.2) is 17.5 Å². The lowest BCUT2D eigenvalue weighted by atomic mass is 9.99. The Hall–Kier alpha value is -1.18. The van der Waals surface area contributed by atoms with Crippen LogP contribution >= 0.6 is 24.0 Å². The molecule has 0 aliphatic carbocycles. The maximum atomic E-state index is 5.43. The largest absolute Gasteiger partial charge is 0.493 e. The van der Waals surface area contributed by atoms with Crippen molar-refractivity contribution in [3.05, 3.63) is 23.3 Å². The third kappa shape index (κ3) is 5.16. The smallest absolute Gasteiger partial charge is 0.193 e. The van der Waals surface area contributed by atoms with E-state index in [1.165, 1.54) is 11.1 Å². The molecule has 0 amide bonds. The highest BCUT2D eigenvalue weighted by Gasteiger charge is 2.21. The lowest BCUT2D eigenvalue weighted by Gasteiger charge is -2.32. The Morgan fingerprint density at radius 1 is 1.21 bits per heavy atom. The average Bonchev–Trinajstić information content (AvgIpc) is 2.56. The number of guanidine groups is 1. The van der Waals surface area contributed by atoms with Crippen LogP contribution in [0.1, 0.15) is 31.4 Å². The monoisotopic (exact) mass is 447 g/mol. The number of rotatable bonds is 5. The molecule has 24 heavy (non-hydrogen) atoms. The lowest BCUT2D eigenvalue weighted by Crippen LogP contribution is -2.44. The summed E-state index contributed by atoms with van der Waals surface area (Å²) < 4.78 is 10.8. The first-order chi connectivity index (χ1) is 11.1. The Morgan fingerprint density at radius 2 is 1.83 bits per heavy atom. The van der Waals surface area contributed by atoms with Gasteiger partial charge in [-0.3, -0.25) is 4.99 Å². The molecule has 0 spiro atoms. The first kappa shape index (κ1) is 20.9. The molecule has 1 aliphatic heterocycles. The zero-order valence-corrected chi connectivity index (χ0v) is 17.7. The van der Waals surface area contributed by atoms with Crippen LogP contribution in [0.4, 0.5) is 0 Å². The second-order valence-corrected chi connectivity index (χ2v) is 6.30. The van der Waals surface area contributed by atoms with E-state index in [-0.39, 0.29) is 24.0 Å². The maximum Gasteiger partial charge on any atom is 0.193 e. The third-order valence-electron chi connectivity index (χ3n) is 4.23. The molecule has 1 aliphatic rings. The van der Waals surface area contributed by atoms with Gasteiger partial charge >= 0.3 is 0 Å². The van der Waals surface area contributed by atoms with E-state index >= 15 is 0 Å². The molecule has 0 radical (unpaired) electrons. The highest BCUT2D eigenvalue weighted by Crippen LogP contribution is 2.33. The first-order valence-corrected chi connectivity index (χ1v) is 8.28. The molecular weight excluding hydrogens is 417 g/mol. The van der Waals surface area contributed by atoms with Gasteiger partial charge in [-0.25, -0.2) is 0 Å². The summed E-state index contributed by atoms with van der Waals surface area (Å²) in [6, 6.07) is 4.18. The summed E-state index contributed by atoms with van der Waals surface area (Å²) in [5, 5.41) is 3.47. The minimum atomic E-state index is 0. The van der Waals surface area contributed by atoms with E-state index in [1.807, 2.05) is 7.05 Å². The van der Waals surface area contributed by atoms with Crippen molar-refractivity contribution >= 4 is 29.9 Å². The van der Waals surface area contributed by atoms with Crippen LogP contribution in [0, 0.1) is 5.92 Å². The predicted octanol–water partition coefficient (Wildman–Crippen LogP) is 3.30. The van der Waals surface area contributed by atoms with Crippen LogP contribution in [0.3, 0.4) is 0 Å². The summed E-state index contributed by atoms with van der Waals surface area (Å²) in [7, 11) is 5.21. The number of methoxy groups -OCH3 is 2. The van der Waals surface area contributed by atoms with Crippen molar-refractivity contribution in [2.24, 2.45) is 10.9 Å². The molecule has 1 aromatic carbocycles. The molecule has 136 valence electrons. The average molecular weight is 447 g/mol. The fourth-order valence-electron chi connectivity index (χ4n) is 2.87. The molecule has 5 nitrogen and oxygen atoms in total. The summed E-state index contributed by atoms with van der Waals surface area (Å²) >= 11 is 0. The van der Waals surface area contributed by atoms with Gasteiger partial charge < -0.3 is 19.7 Å². The molecule has 0 aromatic heterocycles. The molecule has 0 saturated heterocycles. The number of fused-ring (bicyclic) bond motifs is 1. The van der Waals surface area contributed by atoms with Crippen LogP contribution in [-0.2, 0) is 13.0 Å². The van der Waals surface area contributed by atoms with Crippen molar-refractivity contribution in [3.8, 4) is 11.5 Å². The zero-order valence-electron chi connectivity index (χ0n) is 15.4. The highest BCUT2D eigenvalue weighted by molar-refractivity contribution is 14.0. The van der Waals surface area contributed by atoms with Gasteiger partial charge in [0, 0.05) is 26.7 Å². The Bertz CT molecular complexity index is 561. The lowest BCUT2D eigenvalue weighted by molar-refractivity contribution is 0.345. The minimum Gasteiger partial charge on any atom is -0.493 e. The zero-order chi connectivity index (χ0) is 16.8. The van der Waals surface area contributed by atoms with Crippen molar-refractivity contribution in [2.45, 2.75) is 33.2 Å². The van der Waals surface area contributed by atoms with Crippen LogP contribution in [0.15, 0.2) is 17.1 Å². The molecule has 1 N–H and O–H groups in total. The number of hydrogen-bond acceptors (Lipinski definition) is 3. The second-order valence-electron chi connectivity index (χ2n) is 6.30. The van der Waals surface area contributed by atoms with E-state index in [4.69, 9.17) is 9.47 Å². The summed E-state index contributed by atoms with van der Waals surface area (Å²) in [6.07, 6.45) is 2.13. The number of hydrogen-bond donors (Lipinski definition) is 1. The van der Waals surface area contributed by atoms with E-state index in [2.05, 4.69) is 41.2 Å². The van der Waals surface area contributed by atoms with Gasteiger partial charge in [-0.15, -0.1) is 24.0 Å². The first-order valence-electron chi connectivity index (χ1n) is 8.28. The van der Waals surface area contributed by atoms with Crippen LogP contribution < -0.4 is 14.8 Å². The van der Waals surface area contributed by atoms with E-state index < -0.39 is 0 Å². The van der Waals surface area contributed by atoms with Crippen molar-refractivity contribution < 1.29 is 9.47 Å². The Kier molecular flexibility index (Phi) is 8.66. The fourth-order valence-corrected chi connectivity index (χ4v) is 2.87. The van der Waals surface area contributed by atoms with E-state index in [0.29, 0.717) is 5.92 Å². The van der Waals surface area contributed by atoms with E-state index in [0.717, 1.165) is 49.9 Å². The Labute approximate surface area is 162 Å². The van der Waals surface area contributed by atoms with Crippen LogP contribution in [0.2, 0.25) is 0 Å². The van der Waals surface area contributed by atoms with Gasteiger partial charge in [0.2, 0.25) is 0 Å². The second kappa shape index (κ2) is 9.96. The van der Waals surface area contributed by atoms with Gasteiger partial charge in [-0.05, 0) is 42.0 Å². The highest BCUT2D eigenvalue weighted by atomic mass is 127. The molecule has 0 fully saturated rings. The molecule has 0 saturated carbocycles. The fraction of sp³-hybridized carbons (Fsp3) is 0.611. The number of halogens is 1. The number of aliphatic imine (C=N–C) groups is 1. The van der Waals surface area contributed by atoms with Gasteiger partial charge in [-0.1, -0.05) is 13.8 Å². The summed E-state index contributed by atoms with van der Waals surface area (Å²) in [6.45, 7) is 7.24. The predicted molar refractivity (Wildman–Crippen MR) is 110 cm³/mol. The van der Waals surface area contributed by atoms with Crippen molar-refractivity contribution in [1.82, 2.24) is 10.2 Å². The molecule has 6 heteroatoms. The van der Waals surface area contributed by atoms with Gasteiger partial charge in [0.1, 0.15) is 0 Å². The molecule has 2 rings (SSSR count). The Morgan fingerprint density at radius 3 is 2.38 bits per heavy atom. The van der Waals surface area contributed by atoms with Gasteiger partial charge in [0.05, 0.1) is 14.2 Å². The number of ether oxygens (including phenoxy) is 2. The molecule has 0 bridgehead atoms. The molecule has 1 aromatic rings. The minimum absolute atomic E-state index is 0. The van der Waals surface area contributed by atoms with Gasteiger partial charge in [-0.2, -0.15) is 0 Å². The van der Waals surface area contributed by atoms with Crippen LogP contribution in [0.5, 0.6) is 11.5 Å². The van der Waals surface area contributed by atoms with Crippen LogP contribution in [0.25, 0.3) is 0 Å². The van der Waals surface area contributed by atoms with Crippen molar-refractivity contribution in [3.63, 3.8) is 0 Å². The third-order valence-corrected chi connectivity index (χ3v) is 4.23. The van der Waals surface area contributed by atoms with E-state index in [1.54, 1.807) is 14.2 Å². The normalized spacial score (nSPS) is 14.1. The number of benzene rings is 1. The topological polar surface area (TPSA) is 46.1 Å². The molecule has 0 atom stereocenters. The molecular formula is C18H30IN3O2. The number of nitrogens with zero attached hydrogens (tertiary/aromatic N) is 2. The van der Waals surface area contributed by atoms with Gasteiger partial charge in [0.25, 0.3) is 0 Å². The molecule has 1 heterocycles. The standard InChI is InChI=1S/C18H29N3O2.HI/c1-13(2)6-8-20-18(19-3)21-9-7-14-10-16(22-4)17(23-5)11-15(14)12-21;/h10-11,13H,6-9,12H2,1-5H3,(H,19,20);1H. The van der Waals surface area contributed by atoms with Crippen LogP contribution in [-0.4, -0.2) is 45.2 Å². The quantitative estimate of drug-likeness (QED) is 0.428. The number of nitrogens with one attached hydrogen (secondary N) is 1. The van der Waals surface area contributed by atoms with E-state index in [9.17, 15) is 0 Å². The summed E-state index contributed by atoms with van der Waals surface area (Å²) in [5.74, 6) is 3.26. The summed E-state index contributed by atoms with van der Waals surface area (Å²) in [4.78, 5) is 6.73. The SMILES string of the molecule is CN=C(NCCC(C)C)N1CCc2cc(OC)c(OC)cc2C1.I. The molecule has 0 unspecified atom stereocenters. The van der Waals surface area contributed by atoms with Crippen molar-refractivity contribution in [1.29, 1.82) is 0 Å². The summed E-state index contributed by atoms with van der Waals surface area (Å²) in [5.41, 5.74) is 2.61.